The van der Waals surface area contributed by atoms with Gasteiger partial charge in [-0.2, -0.15) is 0 Å². The summed E-state index contributed by atoms with van der Waals surface area (Å²) in [6, 6.07) is 8.26. The molecule has 1 amide bonds. The summed E-state index contributed by atoms with van der Waals surface area (Å²) in [5.41, 5.74) is 1.64. The van der Waals surface area contributed by atoms with Crippen molar-refractivity contribution in [2.75, 3.05) is 38.1 Å². The molecular weight excluding hydrogens is 452 g/mol. The maximum atomic E-state index is 12.9. The van der Waals surface area contributed by atoms with Gasteiger partial charge < -0.3 is 18.9 Å². The van der Waals surface area contributed by atoms with Gasteiger partial charge in [-0.05, 0) is 25.1 Å². The fourth-order valence-corrected chi connectivity index (χ4v) is 5.62. The van der Waals surface area contributed by atoms with Gasteiger partial charge in [0, 0.05) is 32.4 Å². The van der Waals surface area contributed by atoms with Crippen LogP contribution in [0.15, 0.2) is 41.4 Å². The molecule has 11 heteroatoms. The van der Waals surface area contributed by atoms with Crippen LogP contribution < -0.4 is 9.46 Å². The molecule has 0 atom stereocenters. The Morgan fingerprint density at radius 2 is 2.00 bits per heavy atom. The lowest BCUT2D eigenvalue weighted by Gasteiger charge is -2.26. The average molecular weight is 477 g/mol. The molecule has 0 unspecified atom stereocenters. The highest BCUT2D eigenvalue weighted by molar-refractivity contribution is 7.92. The van der Waals surface area contributed by atoms with Crippen molar-refractivity contribution in [2.45, 2.75) is 11.8 Å². The van der Waals surface area contributed by atoms with Gasteiger partial charge in [-0.3, -0.25) is 9.52 Å². The number of carbonyl (C=O) groups excluding carboxylic acids is 1. The molecular formula is C21H24N4O5S2. The van der Waals surface area contributed by atoms with Gasteiger partial charge in [-0.1, -0.05) is 6.07 Å². The lowest BCUT2D eigenvalue weighted by molar-refractivity contribution is 0.0305. The number of rotatable bonds is 6. The number of morpholine rings is 1. The van der Waals surface area contributed by atoms with Crippen LogP contribution in [0, 0.1) is 6.92 Å². The lowest BCUT2D eigenvalue weighted by Crippen LogP contribution is -2.40. The highest BCUT2D eigenvalue weighted by Crippen LogP contribution is 2.32. The SMILES string of the molecule is COc1cccc(NS(=O)(=O)c2cc(-c3nc(C)c(C(=O)N4CCOCC4)s3)n(C)c2)c1. The van der Waals surface area contributed by atoms with E-state index in [-0.39, 0.29) is 10.8 Å². The average Bonchev–Trinajstić information content (AvgIpc) is 3.36. The largest absolute Gasteiger partial charge is 0.497 e. The number of amides is 1. The van der Waals surface area contributed by atoms with Gasteiger partial charge in [0.25, 0.3) is 15.9 Å². The fourth-order valence-electron chi connectivity index (χ4n) is 3.41. The first kappa shape index (κ1) is 22.3. The van der Waals surface area contributed by atoms with Crippen molar-refractivity contribution < 1.29 is 22.7 Å². The van der Waals surface area contributed by atoms with Gasteiger partial charge in [-0.15, -0.1) is 11.3 Å². The zero-order valence-corrected chi connectivity index (χ0v) is 19.6. The van der Waals surface area contributed by atoms with Gasteiger partial charge in [0.05, 0.1) is 37.4 Å². The Labute approximate surface area is 190 Å². The highest BCUT2D eigenvalue weighted by Gasteiger charge is 2.25. The Morgan fingerprint density at radius 1 is 1.25 bits per heavy atom. The number of sulfonamides is 1. The molecule has 1 fully saturated rings. The first-order valence-electron chi connectivity index (χ1n) is 9.96. The molecule has 1 saturated heterocycles. The number of nitrogens with one attached hydrogen (secondary N) is 1. The van der Waals surface area contributed by atoms with E-state index in [2.05, 4.69) is 9.71 Å². The smallest absolute Gasteiger partial charge is 0.266 e. The lowest BCUT2D eigenvalue weighted by atomic mass is 10.3. The van der Waals surface area contributed by atoms with E-state index in [9.17, 15) is 13.2 Å². The van der Waals surface area contributed by atoms with Crippen molar-refractivity contribution in [2.24, 2.45) is 7.05 Å². The zero-order chi connectivity index (χ0) is 22.9. The summed E-state index contributed by atoms with van der Waals surface area (Å²) >= 11 is 1.27. The van der Waals surface area contributed by atoms with Crippen molar-refractivity contribution in [3.8, 4) is 16.5 Å². The standard InChI is InChI=1S/C21H24N4O5S2/c1-14-19(21(26)25-7-9-30-10-8-25)31-20(22-14)18-12-17(13-24(18)2)32(27,28)23-15-5-4-6-16(11-15)29-3/h4-6,11-13,23H,7-10H2,1-3H3. The summed E-state index contributed by atoms with van der Waals surface area (Å²) in [6.45, 7) is 3.94. The number of benzene rings is 1. The van der Waals surface area contributed by atoms with E-state index in [1.54, 1.807) is 53.8 Å². The first-order valence-corrected chi connectivity index (χ1v) is 12.3. The molecule has 2 aromatic heterocycles. The van der Waals surface area contributed by atoms with E-state index in [1.807, 2.05) is 0 Å². The molecule has 9 nitrogen and oxygen atoms in total. The van der Waals surface area contributed by atoms with E-state index in [0.29, 0.717) is 59.0 Å². The highest BCUT2D eigenvalue weighted by atomic mass is 32.2. The van der Waals surface area contributed by atoms with Crippen LogP contribution in [0.2, 0.25) is 0 Å². The number of hydrogen-bond acceptors (Lipinski definition) is 7. The summed E-state index contributed by atoms with van der Waals surface area (Å²) in [4.78, 5) is 19.9. The van der Waals surface area contributed by atoms with E-state index in [1.165, 1.54) is 24.6 Å². The molecule has 0 saturated carbocycles. The van der Waals surface area contributed by atoms with Crippen molar-refractivity contribution in [3.63, 3.8) is 0 Å². The van der Waals surface area contributed by atoms with Crippen molar-refractivity contribution in [1.82, 2.24) is 14.5 Å². The Morgan fingerprint density at radius 3 is 2.72 bits per heavy atom. The number of aryl methyl sites for hydroxylation is 2. The van der Waals surface area contributed by atoms with Crippen molar-refractivity contribution in [3.05, 3.63) is 47.1 Å². The molecule has 170 valence electrons. The van der Waals surface area contributed by atoms with Crippen molar-refractivity contribution in [1.29, 1.82) is 0 Å². The van der Waals surface area contributed by atoms with Crippen LogP contribution >= 0.6 is 11.3 Å². The third-order valence-electron chi connectivity index (χ3n) is 5.12. The van der Waals surface area contributed by atoms with Gasteiger partial charge in [0.2, 0.25) is 0 Å². The molecule has 3 heterocycles. The quantitative estimate of drug-likeness (QED) is 0.587. The number of nitrogens with zero attached hydrogens (tertiary/aromatic N) is 3. The molecule has 0 aliphatic carbocycles. The Kier molecular flexibility index (Phi) is 6.22. The molecule has 1 aliphatic heterocycles. The molecule has 4 rings (SSSR count). The number of carbonyl (C=O) groups is 1. The van der Waals surface area contributed by atoms with Crippen LogP contribution in [0.4, 0.5) is 5.69 Å². The first-order chi connectivity index (χ1) is 15.3. The Bertz CT molecular complexity index is 1240. The molecule has 0 radical (unpaired) electrons. The summed E-state index contributed by atoms with van der Waals surface area (Å²) in [6.07, 6.45) is 1.53. The fraction of sp³-hybridized carbons (Fsp3) is 0.333. The number of hydrogen-bond donors (Lipinski definition) is 1. The van der Waals surface area contributed by atoms with Gasteiger partial charge in [-0.25, -0.2) is 13.4 Å². The van der Waals surface area contributed by atoms with Crippen LogP contribution in [0.5, 0.6) is 5.75 Å². The number of ether oxygens (including phenoxy) is 2. The molecule has 1 aliphatic rings. The van der Waals surface area contributed by atoms with Crippen molar-refractivity contribution >= 4 is 33.0 Å². The molecule has 3 aromatic rings. The number of anilines is 1. The van der Waals surface area contributed by atoms with E-state index >= 15 is 0 Å². The third-order valence-corrected chi connectivity index (χ3v) is 7.64. The van der Waals surface area contributed by atoms with Gasteiger partial charge >= 0.3 is 0 Å². The zero-order valence-electron chi connectivity index (χ0n) is 18.0. The number of methoxy groups -OCH3 is 1. The predicted octanol–water partition coefficient (Wildman–Crippen LogP) is 2.74. The molecule has 1 aromatic carbocycles. The second-order valence-corrected chi connectivity index (χ2v) is 10.0. The normalized spacial score (nSPS) is 14.4. The number of thiazole rings is 1. The third kappa shape index (κ3) is 4.50. The second-order valence-electron chi connectivity index (χ2n) is 7.35. The minimum absolute atomic E-state index is 0.0729. The van der Waals surface area contributed by atoms with Crippen LogP contribution in [0.3, 0.4) is 0 Å². The molecule has 32 heavy (non-hydrogen) atoms. The predicted molar refractivity (Wildman–Crippen MR) is 122 cm³/mol. The second kappa shape index (κ2) is 8.93. The van der Waals surface area contributed by atoms with Crippen LogP contribution in [0.1, 0.15) is 15.4 Å². The van der Waals surface area contributed by atoms with Crippen LogP contribution in [-0.2, 0) is 21.8 Å². The van der Waals surface area contributed by atoms with Crippen LogP contribution in [-0.4, -0.2) is 62.2 Å². The number of aromatic nitrogens is 2. The molecule has 1 N–H and O–H groups in total. The van der Waals surface area contributed by atoms with Crippen LogP contribution in [0.25, 0.3) is 10.7 Å². The maximum Gasteiger partial charge on any atom is 0.266 e. The minimum Gasteiger partial charge on any atom is -0.497 e. The summed E-state index contributed by atoms with van der Waals surface area (Å²) in [7, 11) is -0.554. The van der Waals surface area contributed by atoms with Gasteiger partial charge in [0.15, 0.2) is 0 Å². The maximum absolute atomic E-state index is 12.9. The van der Waals surface area contributed by atoms with E-state index < -0.39 is 10.0 Å². The molecule has 0 bridgehead atoms. The summed E-state index contributed by atoms with van der Waals surface area (Å²) in [5.74, 6) is 0.478. The Hall–Kier alpha value is -2.89. The van der Waals surface area contributed by atoms with Gasteiger partial charge in [0.1, 0.15) is 20.5 Å². The summed E-state index contributed by atoms with van der Waals surface area (Å²) < 4.78 is 40.6. The Balaban J connectivity index is 1.60. The summed E-state index contributed by atoms with van der Waals surface area (Å²) in [5, 5.41) is 0.587. The van der Waals surface area contributed by atoms with E-state index in [0.717, 1.165) is 0 Å². The molecule has 0 spiro atoms. The monoisotopic (exact) mass is 476 g/mol. The minimum atomic E-state index is -3.82. The topological polar surface area (TPSA) is 103 Å². The van der Waals surface area contributed by atoms with E-state index in [4.69, 9.17) is 9.47 Å².